The summed E-state index contributed by atoms with van der Waals surface area (Å²) in [5.41, 5.74) is 2.72. The first kappa shape index (κ1) is 16.2. The minimum Gasteiger partial charge on any atom is -0.347 e. The third kappa shape index (κ3) is 3.34. The van der Waals surface area contributed by atoms with Crippen molar-refractivity contribution in [2.75, 3.05) is 0 Å². The maximum Gasteiger partial charge on any atom is 0.196 e. The number of nitrogens with zero attached hydrogens (tertiary/aromatic N) is 1. The zero-order valence-electron chi connectivity index (χ0n) is 13.4. The molecule has 0 aliphatic carbocycles. The summed E-state index contributed by atoms with van der Waals surface area (Å²) in [7, 11) is 0. The van der Waals surface area contributed by atoms with Crippen LogP contribution < -0.4 is 0 Å². The van der Waals surface area contributed by atoms with Crippen LogP contribution in [0.4, 0.5) is 0 Å². The van der Waals surface area contributed by atoms with Crippen LogP contribution in [0.15, 0.2) is 54.7 Å². The molecule has 0 atom stereocenters. The Hall–Kier alpha value is -1.62. The number of para-hydroxylation sites is 1. The van der Waals surface area contributed by atoms with Crippen LogP contribution in [0.3, 0.4) is 0 Å². The number of carbonyl (C=O) groups is 1. The van der Waals surface area contributed by atoms with Gasteiger partial charge in [-0.1, -0.05) is 44.2 Å². The van der Waals surface area contributed by atoms with E-state index in [1.54, 1.807) is 0 Å². The number of hydrogen-bond donors (Lipinski definition) is 0. The van der Waals surface area contributed by atoms with E-state index in [1.165, 1.54) is 0 Å². The molecule has 0 spiro atoms. The van der Waals surface area contributed by atoms with E-state index < -0.39 is 0 Å². The molecule has 118 valence electrons. The molecule has 3 aromatic rings. The predicted octanol–water partition coefficient (Wildman–Crippen LogP) is 5.52. The highest BCUT2D eigenvalue weighted by molar-refractivity contribution is 14.1. The first-order valence-electron chi connectivity index (χ1n) is 7.95. The van der Waals surface area contributed by atoms with Gasteiger partial charge in [-0.25, -0.2) is 0 Å². The van der Waals surface area contributed by atoms with E-state index in [4.69, 9.17) is 0 Å². The molecule has 0 unspecified atom stereocenters. The summed E-state index contributed by atoms with van der Waals surface area (Å²) in [6.45, 7) is 5.39. The van der Waals surface area contributed by atoms with Gasteiger partial charge < -0.3 is 4.57 Å². The zero-order chi connectivity index (χ0) is 16.4. The summed E-state index contributed by atoms with van der Waals surface area (Å²) in [5.74, 6) is 0.750. The normalized spacial score (nSPS) is 11.3. The Morgan fingerprint density at radius 2 is 1.74 bits per heavy atom. The summed E-state index contributed by atoms with van der Waals surface area (Å²) < 4.78 is 3.22. The summed E-state index contributed by atoms with van der Waals surface area (Å²) in [6, 6.07) is 16.0. The topological polar surface area (TPSA) is 22.0 Å². The Kier molecular flexibility index (Phi) is 4.85. The molecule has 0 radical (unpaired) electrons. The number of hydrogen-bond acceptors (Lipinski definition) is 1. The molecule has 0 saturated carbocycles. The summed E-state index contributed by atoms with van der Waals surface area (Å²) in [5, 5.41) is 1.04. The van der Waals surface area contributed by atoms with Crippen molar-refractivity contribution < 1.29 is 4.79 Å². The first-order valence-corrected chi connectivity index (χ1v) is 9.03. The minimum atomic E-state index is 0.106. The standard InChI is InChI=1S/C20H20INO/c1-14(2)11-12-22-13-17(15-7-4-6-10-19(15)22)20(23)16-8-3-5-9-18(16)21/h3-10,13-14H,11-12H2,1-2H3. The Morgan fingerprint density at radius 1 is 1.04 bits per heavy atom. The maximum absolute atomic E-state index is 13.0. The minimum absolute atomic E-state index is 0.106. The molecule has 3 rings (SSSR count). The molecular weight excluding hydrogens is 397 g/mol. The van der Waals surface area contributed by atoms with E-state index in [0.29, 0.717) is 5.92 Å². The number of carbonyl (C=O) groups excluding carboxylic acids is 1. The quantitative estimate of drug-likeness (QED) is 0.396. The second-order valence-corrected chi connectivity index (χ2v) is 7.41. The van der Waals surface area contributed by atoms with Gasteiger partial charge in [0.05, 0.1) is 0 Å². The van der Waals surface area contributed by atoms with Crippen LogP contribution >= 0.6 is 22.6 Å². The van der Waals surface area contributed by atoms with E-state index in [-0.39, 0.29) is 5.78 Å². The Bertz CT molecular complexity index is 848. The Morgan fingerprint density at radius 3 is 2.48 bits per heavy atom. The smallest absolute Gasteiger partial charge is 0.196 e. The fourth-order valence-corrected chi connectivity index (χ4v) is 3.43. The first-order chi connectivity index (χ1) is 11.1. The van der Waals surface area contributed by atoms with Gasteiger partial charge >= 0.3 is 0 Å². The van der Waals surface area contributed by atoms with Gasteiger partial charge in [0.2, 0.25) is 0 Å². The van der Waals surface area contributed by atoms with Crippen molar-refractivity contribution in [1.29, 1.82) is 0 Å². The lowest BCUT2D eigenvalue weighted by molar-refractivity contribution is 0.103. The molecule has 0 aliphatic rings. The second kappa shape index (κ2) is 6.87. The van der Waals surface area contributed by atoms with Gasteiger partial charge in [-0.2, -0.15) is 0 Å². The average Bonchev–Trinajstić information content (AvgIpc) is 2.92. The van der Waals surface area contributed by atoms with E-state index >= 15 is 0 Å². The fourth-order valence-electron chi connectivity index (χ4n) is 2.80. The summed E-state index contributed by atoms with van der Waals surface area (Å²) >= 11 is 2.23. The summed E-state index contributed by atoms with van der Waals surface area (Å²) in [4.78, 5) is 13.0. The second-order valence-electron chi connectivity index (χ2n) is 6.24. The Balaban J connectivity index is 2.07. The number of ketones is 1. The molecule has 3 heteroatoms. The van der Waals surface area contributed by atoms with E-state index in [2.05, 4.69) is 47.1 Å². The SMILES string of the molecule is CC(C)CCn1cc(C(=O)c2ccccc2I)c2ccccc21. The molecule has 0 amide bonds. The van der Waals surface area contributed by atoms with Crippen LogP contribution in [-0.4, -0.2) is 10.4 Å². The van der Waals surface area contributed by atoms with Gasteiger partial charge in [0.25, 0.3) is 0 Å². The molecule has 1 aromatic heterocycles. The highest BCUT2D eigenvalue weighted by atomic mass is 127. The molecular formula is C20H20INO. The van der Waals surface area contributed by atoms with Crippen LogP contribution in [0, 0.1) is 9.49 Å². The number of fused-ring (bicyclic) bond motifs is 1. The molecule has 0 N–H and O–H groups in total. The van der Waals surface area contributed by atoms with Crippen LogP contribution in [-0.2, 0) is 6.54 Å². The highest BCUT2D eigenvalue weighted by Crippen LogP contribution is 2.26. The number of aromatic nitrogens is 1. The van der Waals surface area contributed by atoms with Crippen molar-refractivity contribution in [3.63, 3.8) is 0 Å². The van der Waals surface area contributed by atoms with Crippen LogP contribution in [0.1, 0.15) is 36.2 Å². The number of rotatable bonds is 5. The molecule has 23 heavy (non-hydrogen) atoms. The van der Waals surface area contributed by atoms with Gasteiger partial charge in [0.1, 0.15) is 0 Å². The lowest BCUT2D eigenvalue weighted by atomic mass is 10.0. The van der Waals surface area contributed by atoms with Crippen molar-refractivity contribution in [2.24, 2.45) is 5.92 Å². The van der Waals surface area contributed by atoms with Gasteiger partial charge in [-0.3, -0.25) is 4.79 Å². The predicted molar refractivity (Wildman–Crippen MR) is 104 cm³/mol. The maximum atomic E-state index is 13.0. The third-order valence-corrected chi connectivity index (χ3v) is 5.04. The fraction of sp³-hybridized carbons (Fsp3) is 0.250. The van der Waals surface area contributed by atoms with Gasteiger partial charge in [-0.15, -0.1) is 0 Å². The largest absolute Gasteiger partial charge is 0.347 e. The van der Waals surface area contributed by atoms with Crippen LogP contribution in [0.2, 0.25) is 0 Å². The van der Waals surface area contributed by atoms with Crippen molar-refractivity contribution in [3.8, 4) is 0 Å². The van der Waals surface area contributed by atoms with Crippen molar-refractivity contribution in [1.82, 2.24) is 4.57 Å². The van der Waals surface area contributed by atoms with Crippen molar-refractivity contribution in [2.45, 2.75) is 26.8 Å². The molecule has 0 aliphatic heterocycles. The lowest BCUT2D eigenvalue weighted by Crippen LogP contribution is -2.03. The number of halogens is 1. The highest BCUT2D eigenvalue weighted by Gasteiger charge is 2.18. The van der Waals surface area contributed by atoms with Crippen molar-refractivity contribution >= 4 is 39.3 Å². The van der Waals surface area contributed by atoms with Crippen LogP contribution in [0.25, 0.3) is 10.9 Å². The van der Waals surface area contributed by atoms with Gasteiger partial charge in [0, 0.05) is 38.3 Å². The monoisotopic (exact) mass is 417 g/mol. The van der Waals surface area contributed by atoms with E-state index in [0.717, 1.165) is 38.6 Å². The zero-order valence-corrected chi connectivity index (χ0v) is 15.6. The van der Waals surface area contributed by atoms with Crippen molar-refractivity contribution in [3.05, 3.63) is 69.4 Å². The molecule has 0 saturated heterocycles. The molecule has 2 nitrogen and oxygen atoms in total. The third-order valence-electron chi connectivity index (χ3n) is 4.10. The van der Waals surface area contributed by atoms with Gasteiger partial charge in [-0.05, 0) is 53.1 Å². The lowest BCUT2D eigenvalue weighted by Gasteiger charge is -2.07. The Labute approximate surface area is 150 Å². The number of aryl methyl sites for hydroxylation is 1. The van der Waals surface area contributed by atoms with Gasteiger partial charge in [0.15, 0.2) is 5.78 Å². The van der Waals surface area contributed by atoms with E-state index in [1.807, 2.05) is 48.7 Å². The number of benzene rings is 2. The summed E-state index contributed by atoms with van der Waals surface area (Å²) in [6.07, 6.45) is 3.13. The van der Waals surface area contributed by atoms with Crippen LogP contribution in [0.5, 0.6) is 0 Å². The average molecular weight is 417 g/mol. The molecule has 0 bridgehead atoms. The molecule has 2 aromatic carbocycles. The molecule has 1 heterocycles. The molecule has 0 fully saturated rings. The van der Waals surface area contributed by atoms with E-state index in [9.17, 15) is 4.79 Å².